The number of halogens is 1. The number of hydrogen-bond donors (Lipinski definition) is 2. The average molecular weight is 385 g/mol. The maximum absolute atomic E-state index is 13.7. The third-order valence-electron chi connectivity index (χ3n) is 6.02. The van der Waals surface area contributed by atoms with Crippen molar-refractivity contribution < 1.29 is 9.18 Å². The van der Waals surface area contributed by atoms with Gasteiger partial charge in [0.2, 0.25) is 5.91 Å². The first-order valence-electron chi connectivity index (χ1n) is 10.0. The Morgan fingerprint density at radius 3 is 2.86 bits per heavy atom. The SMILES string of the molecule is CC(C)c1nccn1C(C)C(=O)N1CCC2NNC(c3cccc(F)c3)C2C1. The fraction of sp³-hybridized carbons (Fsp3) is 0.524. The van der Waals surface area contributed by atoms with Crippen LogP contribution in [0.2, 0.25) is 0 Å². The van der Waals surface area contributed by atoms with Crippen molar-refractivity contribution in [3.8, 4) is 0 Å². The lowest BCUT2D eigenvalue weighted by Crippen LogP contribution is -2.49. The number of rotatable bonds is 4. The number of amides is 1. The van der Waals surface area contributed by atoms with Crippen molar-refractivity contribution in [1.82, 2.24) is 25.3 Å². The number of aromatic nitrogens is 2. The highest BCUT2D eigenvalue weighted by Gasteiger charge is 2.42. The molecule has 1 amide bonds. The zero-order chi connectivity index (χ0) is 19.8. The molecule has 0 saturated carbocycles. The number of imidazole rings is 1. The standard InChI is InChI=1S/C21H28FN5O/c1-13(2)20-23-8-10-27(20)14(3)21(28)26-9-7-18-17(12-26)19(25-24-18)15-5-4-6-16(22)11-15/h4-6,8,10-11,13-14,17-19,24-25H,7,9,12H2,1-3H3. The molecule has 0 bridgehead atoms. The van der Waals surface area contributed by atoms with Gasteiger partial charge < -0.3 is 9.47 Å². The number of hydrogen-bond acceptors (Lipinski definition) is 4. The summed E-state index contributed by atoms with van der Waals surface area (Å²) in [5.41, 5.74) is 7.57. The van der Waals surface area contributed by atoms with E-state index >= 15 is 0 Å². The van der Waals surface area contributed by atoms with E-state index in [4.69, 9.17) is 0 Å². The zero-order valence-electron chi connectivity index (χ0n) is 16.6. The Morgan fingerprint density at radius 1 is 1.29 bits per heavy atom. The number of piperidine rings is 1. The minimum atomic E-state index is -0.286. The molecule has 2 aromatic rings. The number of nitrogens with zero attached hydrogens (tertiary/aromatic N) is 3. The molecule has 6 nitrogen and oxygen atoms in total. The number of benzene rings is 1. The predicted molar refractivity (Wildman–Crippen MR) is 105 cm³/mol. The molecule has 2 fully saturated rings. The number of fused-ring (bicyclic) bond motifs is 1. The molecule has 4 unspecified atom stereocenters. The second-order valence-corrected chi connectivity index (χ2v) is 8.19. The second kappa shape index (κ2) is 7.64. The summed E-state index contributed by atoms with van der Waals surface area (Å²) in [5, 5.41) is 0. The number of nitrogens with one attached hydrogen (secondary N) is 2. The van der Waals surface area contributed by atoms with E-state index in [1.807, 2.05) is 28.7 Å². The van der Waals surface area contributed by atoms with Gasteiger partial charge in [0.15, 0.2) is 0 Å². The normalized spacial score (nSPS) is 25.8. The summed E-state index contributed by atoms with van der Waals surface area (Å²) in [6, 6.07) is 6.70. The van der Waals surface area contributed by atoms with Crippen LogP contribution in [0.25, 0.3) is 0 Å². The molecule has 3 heterocycles. The Hall–Kier alpha value is -2.25. The van der Waals surface area contributed by atoms with Crippen molar-refractivity contribution in [2.75, 3.05) is 13.1 Å². The van der Waals surface area contributed by atoms with Crippen molar-refractivity contribution in [2.24, 2.45) is 5.92 Å². The number of carbonyl (C=O) groups excluding carboxylic acids is 1. The minimum absolute atomic E-state index is 0.00826. The summed E-state index contributed by atoms with van der Waals surface area (Å²) < 4.78 is 15.7. The van der Waals surface area contributed by atoms with Gasteiger partial charge in [-0.1, -0.05) is 26.0 Å². The Bertz CT molecular complexity index is 851. The van der Waals surface area contributed by atoms with Gasteiger partial charge in [0.25, 0.3) is 0 Å². The summed E-state index contributed by atoms with van der Waals surface area (Å²) in [6.07, 6.45) is 4.53. The quantitative estimate of drug-likeness (QED) is 0.850. The minimum Gasteiger partial charge on any atom is -0.340 e. The lowest BCUT2D eigenvalue weighted by molar-refractivity contribution is -0.136. The van der Waals surface area contributed by atoms with Crippen molar-refractivity contribution in [1.29, 1.82) is 0 Å². The van der Waals surface area contributed by atoms with Crippen LogP contribution in [-0.2, 0) is 4.79 Å². The highest BCUT2D eigenvalue weighted by atomic mass is 19.1. The van der Waals surface area contributed by atoms with Gasteiger partial charge in [0.1, 0.15) is 17.7 Å². The monoisotopic (exact) mass is 385 g/mol. The maximum Gasteiger partial charge on any atom is 0.245 e. The largest absolute Gasteiger partial charge is 0.340 e. The lowest BCUT2D eigenvalue weighted by Gasteiger charge is -2.37. The topological polar surface area (TPSA) is 62.2 Å². The fourth-order valence-corrected chi connectivity index (χ4v) is 4.52. The molecule has 2 aliphatic rings. The second-order valence-electron chi connectivity index (χ2n) is 8.19. The van der Waals surface area contributed by atoms with E-state index in [0.717, 1.165) is 24.4 Å². The molecule has 7 heteroatoms. The van der Waals surface area contributed by atoms with Crippen LogP contribution in [0.5, 0.6) is 0 Å². The highest BCUT2D eigenvalue weighted by molar-refractivity contribution is 5.80. The molecule has 0 spiro atoms. The van der Waals surface area contributed by atoms with Gasteiger partial charge in [-0.2, -0.15) is 0 Å². The van der Waals surface area contributed by atoms with Crippen LogP contribution in [0.3, 0.4) is 0 Å². The highest BCUT2D eigenvalue weighted by Crippen LogP contribution is 2.34. The molecular formula is C21H28FN5O. The maximum atomic E-state index is 13.7. The van der Waals surface area contributed by atoms with Gasteiger partial charge in [-0.05, 0) is 31.0 Å². The first-order chi connectivity index (χ1) is 13.5. The van der Waals surface area contributed by atoms with Gasteiger partial charge in [-0.15, -0.1) is 0 Å². The summed E-state index contributed by atoms with van der Waals surface area (Å²) in [5.74, 6) is 1.28. The molecule has 1 aromatic carbocycles. The Morgan fingerprint density at radius 2 is 2.11 bits per heavy atom. The van der Waals surface area contributed by atoms with Crippen molar-refractivity contribution in [3.63, 3.8) is 0 Å². The van der Waals surface area contributed by atoms with Crippen LogP contribution < -0.4 is 10.9 Å². The summed E-state index contributed by atoms with van der Waals surface area (Å²) >= 11 is 0. The van der Waals surface area contributed by atoms with Crippen molar-refractivity contribution in [3.05, 3.63) is 53.9 Å². The smallest absolute Gasteiger partial charge is 0.245 e. The Labute approximate surface area is 165 Å². The van der Waals surface area contributed by atoms with E-state index in [2.05, 4.69) is 29.7 Å². The van der Waals surface area contributed by atoms with Gasteiger partial charge in [-0.3, -0.25) is 10.2 Å². The van der Waals surface area contributed by atoms with E-state index in [1.165, 1.54) is 6.07 Å². The van der Waals surface area contributed by atoms with E-state index in [1.54, 1.807) is 18.3 Å². The van der Waals surface area contributed by atoms with Crippen LogP contribution in [0, 0.1) is 11.7 Å². The first kappa shape index (κ1) is 19.1. The van der Waals surface area contributed by atoms with E-state index in [9.17, 15) is 9.18 Å². The van der Waals surface area contributed by atoms with Gasteiger partial charge >= 0.3 is 0 Å². The Kier molecular flexibility index (Phi) is 5.21. The molecule has 150 valence electrons. The van der Waals surface area contributed by atoms with Gasteiger partial charge in [0.05, 0.1) is 6.04 Å². The molecule has 0 aliphatic carbocycles. The zero-order valence-corrected chi connectivity index (χ0v) is 16.6. The van der Waals surface area contributed by atoms with Crippen LogP contribution in [0.4, 0.5) is 4.39 Å². The fourth-order valence-electron chi connectivity index (χ4n) is 4.52. The summed E-state index contributed by atoms with van der Waals surface area (Å²) in [7, 11) is 0. The van der Waals surface area contributed by atoms with Crippen molar-refractivity contribution >= 4 is 5.91 Å². The Balaban J connectivity index is 1.51. The van der Waals surface area contributed by atoms with E-state index < -0.39 is 0 Å². The van der Waals surface area contributed by atoms with Crippen molar-refractivity contribution in [2.45, 2.75) is 51.2 Å². The number of carbonyl (C=O) groups is 1. The predicted octanol–water partition coefficient (Wildman–Crippen LogP) is 2.77. The molecule has 28 heavy (non-hydrogen) atoms. The molecule has 2 aliphatic heterocycles. The van der Waals surface area contributed by atoms with E-state index in [-0.39, 0.29) is 41.7 Å². The summed E-state index contributed by atoms with van der Waals surface area (Å²) in [6.45, 7) is 7.49. The number of hydrazine groups is 1. The third kappa shape index (κ3) is 3.44. The molecular weight excluding hydrogens is 357 g/mol. The van der Waals surface area contributed by atoms with Crippen LogP contribution >= 0.6 is 0 Å². The molecule has 1 aromatic heterocycles. The van der Waals surface area contributed by atoms with Gasteiger partial charge in [0, 0.05) is 43.4 Å². The van der Waals surface area contributed by atoms with Crippen LogP contribution in [0.1, 0.15) is 56.6 Å². The molecule has 4 atom stereocenters. The lowest BCUT2D eigenvalue weighted by atomic mass is 9.85. The summed E-state index contributed by atoms with van der Waals surface area (Å²) in [4.78, 5) is 19.6. The molecule has 4 rings (SSSR count). The number of likely N-dealkylation sites (tertiary alicyclic amines) is 1. The van der Waals surface area contributed by atoms with E-state index in [0.29, 0.717) is 6.54 Å². The molecule has 0 radical (unpaired) electrons. The third-order valence-corrected chi connectivity index (χ3v) is 6.02. The van der Waals surface area contributed by atoms with Crippen LogP contribution in [-0.4, -0.2) is 39.5 Å². The van der Waals surface area contributed by atoms with Crippen LogP contribution in [0.15, 0.2) is 36.7 Å². The first-order valence-corrected chi connectivity index (χ1v) is 10.0. The molecule has 2 saturated heterocycles. The van der Waals surface area contributed by atoms with Gasteiger partial charge in [-0.25, -0.2) is 14.8 Å². The average Bonchev–Trinajstić information content (AvgIpc) is 3.33. The molecule has 2 N–H and O–H groups in total.